The highest BCUT2D eigenvalue weighted by Gasteiger charge is 2.34. The Hall–Kier alpha value is -0.760. The number of aromatic nitrogens is 2. The standard InChI is InChI=1S/C9H11BrF3N3O/c1-15(5-9(11,12)13)6-3-16-8(17-4-6)7(10)2-14-16/h2,6H,3-5H2,1H3/t6-/m0/s1. The minimum absolute atomic E-state index is 0.233. The van der Waals surface area contributed by atoms with Crippen molar-refractivity contribution in [3.63, 3.8) is 0 Å². The summed E-state index contributed by atoms with van der Waals surface area (Å²) in [6.07, 6.45) is -2.62. The molecule has 2 rings (SSSR count). The molecule has 0 fully saturated rings. The van der Waals surface area contributed by atoms with E-state index >= 15 is 0 Å². The molecule has 0 unspecified atom stereocenters. The van der Waals surface area contributed by atoms with Gasteiger partial charge >= 0.3 is 6.18 Å². The van der Waals surface area contributed by atoms with Crippen molar-refractivity contribution in [3.05, 3.63) is 10.7 Å². The first-order valence-electron chi connectivity index (χ1n) is 4.98. The Morgan fingerprint density at radius 3 is 3.00 bits per heavy atom. The molecule has 0 spiro atoms. The highest BCUT2D eigenvalue weighted by molar-refractivity contribution is 9.10. The van der Waals surface area contributed by atoms with E-state index in [2.05, 4.69) is 21.0 Å². The molecule has 1 aromatic rings. The number of ether oxygens (including phenoxy) is 1. The van der Waals surface area contributed by atoms with Gasteiger partial charge in [-0.3, -0.25) is 4.90 Å². The van der Waals surface area contributed by atoms with Crippen LogP contribution in [0.3, 0.4) is 0 Å². The van der Waals surface area contributed by atoms with Crippen molar-refractivity contribution in [2.75, 3.05) is 20.2 Å². The van der Waals surface area contributed by atoms with Gasteiger partial charge < -0.3 is 4.74 Å². The molecular weight excluding hydrogens is 303 g/mol. The number of fused-ring (bicyclic) bond motifs is 1. The molecular formula is C9H11BrF3N3O. The lowest BCUT2D eigenvalue weighted by Crippen LogP contribution is -2.46. The molecule has 0 N–H and O–H groups in total. The predicted octanol–water partition coefficient (Wildman–Crippen LogP) is 1.90. The first-order chi connectivity index (χ1) is 7.87. The summed E-state index contributed by atoms with van der Waals surface area (Å²) in [6, 6.07) is -0.323. The van der Waals surface area contributed by atoms with E-state index in [0.29, 0.717) is 12.4 Å². The zero-order valence-electron chi connectivity index (χ0n) is 9.04. The summed E-state index contributed by atoms with van der Waals surface area (Å²) in [5.74, 6) is 0.571. The van der Waals surface area contributed by atoms with E-state index < -0.39 is 12.7 Å². The minimum atomic E-state index is -4.19. The van der Waals surface area contributed by atoms with Gasteiger partial charge in [0.05, 0.1) is 29.8 Å². The quantitative estimate of drug-likeness (QED) is 0.835. The van der Waals surface area contributed by atoms with Crippen molar-refractivity contribution in [2.45, 2.75) is 18.8 Å². The molecule has 1 aliphatic rings. The fraction of sp³-hybridized carbons (Fsp3) is 0.667. The van der Waals surface area contributed by atoms with Crippen LogP contribution in [0.2, 0.25) is 0 Å². The van der Waals surface area contributed by atoms with Crippen LogP contribution >= 0.6 is 15.9 Å². The normalized spacial score (nSPS) is 20.2. The van der Waals surface area contributed by atoms with Crippen LogP contribution in [0.15, 0.2) is 10.7 Å². The monoisotopic (exact) mass is 313 g/mol. The Balaban J connectivity index is 2.02. The smallest absolute Gasteiger partial charge is 0.401 e. The molecule has 17 heavy (non-hydrogen) atoms. The van der Waals surface area contributed by atoms with Crippen molar-refractivity contribution in [1.29, 1.82) is 0 Å². The number of nitrogens with zero attached hydrogens (tertiary/aromatic N) is 3. The minimum Gasteiger partial charge on any atom is -0.475 e. The number of hydrogen-bond acceptors (Lipinski definition) is 3. The molecule has 0 radical (unpaired) electrons. The van der Waals surface area contributed by atoms with E-state index in [4.69, 9.17) is 4.74 Å². The average molecular weight is 314 g/mol. The van der Waals surface area contributed by atoms with Crippen molar-refractivity contribution in [2.24, 2.45) is 0 Å². The third-order valence-corrected chi connectivity index (χ3v) is 3.14. The first-order valence-corrected chi connectivity index (χ1v) is 5.77. The zero-order valence-corrected chi connectivity index (χ0v) is 10.6. The molecule has 0 aromatic carbocycles. The second kappa shape index (κ2) is 4.49. The summed E-state index contributed by atoms with van der Waals surface area (Å²) >= 11 is 3.26. The van der Waals surface area contributed by atoms with E-state index in [0.717, 1.165) is 4.47 Å². The average Bonchev–Trinajstić information content (AvgIpc) is 2.57. The number of likely N-dealkylation sites (N-methyl/N-ethyl adjacent to an activating group) is 1. The molecule has 0 bridgehead atoms. The lowest BCUT2D eigenvalue weighted by molar-refractivity contribution is -0.150. The van der Waals surface area contributed by atoms with E-state index in [9.17, 15) is 13.2 Å². The molecule has 0 amide bonds. The number of halogens is 4. The number of rotatable bonds is 2. The highest BCUT2D eigenvalue weighted by Crippen LogP contribution is 2.28. The van der Waals surface area contributed by atoms with Crippen molar-refractivity contribution >= 4 is 15.9 Å². The van der Waals surface area contributed by atoms with Crippen LogP contribution in [0, 0.1) is 0 Å². The molecule has 0 saturated carbocycles. The van der Waals surface area contributed by atoms with Crippen molar-refractivity contribution in [3.8, 4) is 5.88 Å². The van der Waals surface area contributed by atoms with Crippen LogP contribution in [0.25, 0.3) is 0 Å². The molecule has 1 aromatic heterocycles. The maximum absolute atomic E-state index is 12.2. The molecule has 2 heterocycles. The molecule has 0 saturated heterocycles. The van der Waals surface area contributed by atoms with Gasteiger partial charge in [-0.2, -0.15) is 18.3 Å². The third kappa shape index (κ3) is 2.92. The zero-order chi connectivity index (χ0) is 12.6. The molecule has 8 heteroatoms. The van der Waals surface area contributed by atoms with Crippen LogP contribution in [0.1, 0.15) is 0 Å². The number of hydrogen-bond donors (Lipinski definition) is 0. The summed E-state index contributed by atoms with van der Waals surface area (Å²) in [5, 5.41) is 4.02. The molecule has 1 atom stereocenters. The van der Waals surface area contributed by atoms with Crippen LogP contribution in [0.4, 0.5) is 13.2 Å². The summed E-state index contributed by atoms with van der Waals surface area (Å²) in [5.41, 5.74) is 0. The Kier molecular flexibility index (Phi) is 3.35. The van der Waals surface area contributed by atoms with Gasteiger partial charge in [-0.15, -0.1) is 0 Å². The van der Waals surface area contributed by atoms with Crippen molar-refractivity contribution in [1.82, 2.24) is 14.7 Å². The Morgan fingerprint density at radius 1 is 1.65 bits per heavy atom. The fourth-order valence-electron chi connectivity index (χ4n) is 1.73. The molecule has 4 nitrogen and oxygen atoms in total. The Bertz CT molecular complexity index is 407. The fourth-order valence-corrected chi connectivity index (χ4v) is 2.14. The van der Waals surface area contributed by atoms with Gasteiger partial charge in [0.1, 0.15) is 6.61 Å². The van der Waals surface area contributed by atoms with Crippen LogP contribution < -0.4 is 4.74 Å². The lowest BCUT2D eigenvalue weighted by Gasteiger charge is -2.32. The summed E-state index contributed by atoms with van der Waals surface area (Å²) < 4.78 is 44.4. The third-order valence-electron chi connectivity index (χ3n) is 2.60. The largest absolute Gasteiger partial charge is 0.475 e. The second-order valence-electron chi connectivity index (χ2n) is 3.97. The Labute approximate surface area is 104 Å². The van der Waals surface area contributed by atoms with Gasteiger partial charge in [-0.25, -0.2) is 4.68 Å². The van der Waals surface area contributed by atoms with Crippen LogP contribution in [-0.4, -0.2) is 47.1 Å². The van der Waals surface area contributed by atoms with Crippen LogP contribution in [-0.2, 0) is 6.54 Å². The lowest BCUT2D eigenvalue weighted by atomic mass is 10.2. The highest BCUT2D eigenvalue weighted by atomic mass is 79.9. The van der Waals surface area contributed by atoms with Crippen molar-refractivity contribution < 1.29 is 17.9 Å². The number of alkyl halides is 3. The van der Waals surface area contributed by atoms with Gasteiger partial charge in [0.15, 0.2) is 0 Å². The van der Waals surface area contributed by atoms with E-state index in [1.165, 1.54) is 11.9 Å². The maximum atomic E-state index is 12.2. The van der Waals surface area contributed by atoms with E-state index in [1.54, 1.807) is 10.9 Å². The van der Waals surface area contributed by atoms with Gasteiger partial charge in [-0.05, 0) is 23.0 Å². The molecule has 0 aliphatic carbocycles. The van der Waals surface area contributed by atoms with Gasteiger partial charge in [-0.1, -0.05) is 0 Å². The SMILES string of the molecule is CN(CC(F)(F)F)[C@@H]1COc2c(Br)cnn2C1. The van der Waals surface area contributed by atoms with E-state index in [-0.39, 0.29) is 12.6 Å². The second-order valence-corrected chi connectivity index (χ2v) is 4.83. The van der Waals surface area contributed by atoms with Gasteiger partial charge in [0.25, 0.3) is 0 Å². The summed E-state index contributed by atoms with van der Waals surface area (Å²) in [6.45, 7) is -0.316. The topological polar surface area (TPSA) is 30.3 Å². The van der Waals surface area contributed by atoms with E-state index in [1.807, 2.05) is 0 Å². The molecule has 1 aliphatic heterocycles. The Morgan fingerprint density at radius 2 is 2.35 bits per heavy atom. The first kappa shape index (κ1) is 12.7. The van der Waals surface area contributed by atoms with Gasteiger partial charge in [0.2, 0.25) is 5.88 Å². The maximum Gasteiger partial charge on any atom is 0.401 e. The summed E-state index contributed by atoms with van der Waals surface area (Å²) in [7, 11) is 1.44. The molecule has 96 valence electrons. The predicted molar refractivity (Wildman–Crippen MR) is 57.9 cm³/mol. The van der Waals surface area contributed by atoms with Crippen LogP contribution in [0.5, 0.6) is 5.88 Å². The van der Waals surface area contributed by atoms with Gasteiger partial charge in [0, 0.05) is 0 Å². The summed E-state index contributed by atoms with van der Waals surface area (Å²) in [4.78, 5) is 1.23.